The summed E-state index contributed by atoms with van der Waals surface area (Å²) in [5, 5.41) is 14.1. The molecule has 0 radical (unpaired) electrons. The summed E-state index contributed by atoms with van der Waals surface area (Å²) in [6.07, 6.45) is 6.95. The zero-order valence-corrected chi connectivity index (χ0v) is 13.8. The molecule has 1 saturated heterocycles. The second kappa shape index (κ2) is 6.42. The van der Waals surface area contributed by atoms with Gasteiger partial charge in [0.15, 0.2) is 0 Å². The summed E-state index contributed by atoms with van der Waals surface area (Å²) in [7, 11) is 2.12. The molecule has 22 heavy (non-hydrogen) atoms. The zero-order chi connectivity index (χ0) is 15.6. The highest BCUT2D eigenvalue weighted by atomic mass is 35.5. The molecule has 122 valence electrons. The SMILES string of the molecule is CN1C2(CCC2)COCC1(CO)CNCc1ccncc1Cl. The fourth-order valence-electron chi connectivity index (χ4n) is 3.55. The Morgan fingerprint density at radius 1 is 1.45 bits per heavy atom. The lowest BCUT2D eigenvalue weighted by atomic mass is 9.72. The first-order valence-corrected chi connectivity index (χ1v) is 8.21. The van der Waals surface area contributed by atoms with Gasteiger partial charge in [0, 0.05) is 31.0 Å². The van der Waals surface area contributed by atoms with E-state index in [0.29, 0.717) is 24.7 Å². The fourth-order valence-corrected chi connectivity index (χ4v) is 3.73. The predicted octanol–water partition coefficient (Wildman–Crippen LogP) is 1.44. The number of nitrogens with zero attached hydrogens (tertiary/aromatic N) is 2. The summed E-state index contributed by atoms with van der Waals surface area (Å²) in [4.78, 5) is 6.35. The van der Waals surface area contributed by atoms with Crippen LogP contribution in [0, 0.1) is 0 Å². The Hall–Kier alpha value is -0.720. The summed E-state index contributed by atoms with van der Waals surface area (Å²) < 4.78 is 5.85. The maximum atomic E-state index is 10.0. The third-order valence-electron chi connectivity index (χ3n) is 5.37. The maximum Gasteiger partial charge on any atom is 0.0804 e. The van der Waals surface area contributed by atoms with Crippen LogP contribution in [-0.4, -0.2) is 59.5 Å². The number of likely N-dealkylation sites (N-methyl/N-ethyl adjacent to an activating group) is 1. The van der Waals surface area contributed by atoms with Crippen LogP contribution in [0.3, 0.4) is 0 Å². The summed E-state index contributed by atoms with van der Waals surface area (Å²) in [5.74, 6) is 0. The lowest BCUT2D eigenvalue weighted by Gasteiger charge is -2.59. The Balaban J connectivity index is 1.65. The molecule has 0 amide bonds. The van der Waals surface area contributed by atoms with Crippen molar-refractivity contribution in [3.63, 3.8) is 0 Å². The van der Waals surface area contributed by atoms with Crippen LogP contribution in [0.2, 0.25) is 5.02 Å². The van der Waals surface area contributed by atoms with E-state index >= 15 is 0 Å². The molecule has 2 heterocycles. The van der Waals surface area contributed by atoms with Crippen molar-refractivity contribution in [2.75, 3.05) is 33.4 Å². The monoisotopic (exact) mass is 325 g/mol. The Kier molecular flexibility index (Phi) is 4.71. The minimum absolute atomic E-state index is 0.0856. The summed E-state index contributed by atoms with van der Waals surface area (Å²) in [5.41, 5.74) is 0.775. The van der Waals surface area contributed by atoms with Crippen LogP contribution in [0.25, 0.3) is 0 Å². The molecule has 1 saturated carbocycles. The molecule has 5 nitrogen and oxygen atoms in total. The Bertz CT molecular complexity index is 524. The highest BCUT2D eigenvalue weighted by molar-refractivity contribution is 6.31. The summed E-state index contributed by atoms with van der Waals surface area (Å²) in [6, 6.07) is 1.91. The molecule has 1 spiro atoms. The molecule has 1 unspecified atom stereocenters. The number of aromatic nitrogens is 1. The van der Waals surface area contributed by atoms with Crippen LogP contribution < -0.4 is 5.32 Å². The van der Waals surface area contributed by atoms with Gasteiger partial charge in [0.1, 0.15) is 0 Å². The Morgan fingerprint density at radius 2 is 2.27 bits per heavy atom. The molecule has 2 N–H and O–H groups in total. The number of aliphatic hydroxyl groups excluding tert-OH is 1. The van der Waals surface area contributed by atoms with Crippen LogP contribution in [0.15, 0.2) is 18.5 Å². The molecule has 0 bridgehead atoms. The molecule has 2 aliphatic rings. The first-order valence-electron chi connectivity index (χ1n) is 7.84. The van der Waals surface area contributed by atoms with Gasteiger partial charge >= 0.3 is 0 Å². The lowest BCUT2D eigenvalue weighted by Crippen LogP contribution is -2.73. The number of morpholine rings is 1. The molecule has 6 heteroatoms. The summed E-state index contributed by atoms with van der Waals surface area (Å²) in [6.45, 7) is 2.74. The molecule has 1 aliphatic heterocycles. The van der Waals surface area contributed by atoms with Crippen molar-refractivity contribution < 1.29 is 9.84 Å². The van der Waals surface area contributed by atoms with Gasteiger partial charge in [-0.3, -0.25) is 9.88 Å². The third kappa shape index (κ3) is 2.76. The third-order valence-corrected chi connectivity index (χ3v) is 5.71. The number of aliphatic hydroxyl groups is 1. The molecule has 1 atom stereocenters. The largest absolute Gasteiger partial charge is 0.394 e. The number of hydrogen-bond donors (Lipinski definition) is 2. The lowest BCUT2D eigenvalue weighted by molar-refractivity contribution is -0.180. The van der Waals surface area contributed by atoms with Gasteiger partial charge in [-0.1, -0.05) is 11.6 Å². The average molecular weight is 326 g/mol. The molecule has 3 rings (SSSR count). The van der Waals surface area contributed by atoms with Crippen molar-refractivity contribution in [2.24, 2.45) is 0 Å². The smallest absolute Gasteiger partial charge is 0.0804 e. The topological polar surface area (TPSA) is 57.6 Å². The molecular weight excluding hydrogens is 302 g/mol. The molecular formula is C16H24ClN3O2. The minimum atomic E-state index is -0.363. The van der Waals surface area contributed by atoms with Crippen LogP contribution in [-0.2, 0) is 11.3 Å². The van der Waals surface area contributed by atoms with Crippen LogP contribution in [0.5, 0.6) is 0 Å². The molecule has 2 fully saturated rings. The zero-order valence-electron chi connectivity index (χ0n) is 13.0. The van der Waals surface area contributed by atoms with Crippen molar-refractivity contribution in [3.05, 3.63) is 29.0 Å². The van der Waals surface area contributed by atoms with Crippen LogP contribution >= 0.6 is 11.6 Å². The number of pyridine rings is 1. The van der Waals surface area contributed by atoms with Crippen molar-refractivity contribution in [1.29, 1.82) is 0 Å². The minimum Gasteiger partial charge on any atom is -0.394 e. The van der Waals surface area contributed by atoms with Gasteiger partial charge in [0.25, 0.3) is 0 Å². The number of nitrogens with one attached hydrogen (secondary N) is 1. The van der Waals surface area contributed by atoms with Gasteiger partial charge in [0.05, 0.1) is 30.4 Å². The van der Waals surface area contributed by atoms with Crippen molar-refractivity contribution >= 4 is 11.6 Å². The van der Waals surface area contributed by atoms with Crippen molar-refractivity contribution in [2.45, 2.75) is 36.9 Å². The van der Waals surface area contributed by atoms with Gasteiger partial charge in [-0.15, -0.1) is 0 Å². The van der Waals surface area contributed by atoms with E-state index < -0.39 is 0 Å². The molecule has 1 aromatic heterocycles. The van der Waals surface area contributed by atoms with Crippen molar-refractivity contribution in [3.8, 4) is 0 Å². The maximum absolute atomic E-state index is 10.0. The van der Waals surface area contributed by atoms with E-state index in [-0.39, 0.29) is 17.7 Å². The van der Waals surface area contributed by atoms with Crippen LogP contribution in [0.1, 0.15) is 24.8 Å². The van der Waals surface area contributed by atoms with E-state index in [1.165, 1.54) is 6.42 Å². The average Bonchev–Trinajstić information content (AvgIpc) is 2.49. The number of hydrogen-bond acceptors (Lipinski definition) is 5. The quantitative estimate of drug-likeness (QED) is 0.858. The Morgan fingerprint density at radius 3 is 2.91 bits per heavy atom. The van der Waals surface area contributed by atoms with Gasteiger partial charge in [0.2, 0.25) is 0 Å². The first-order chi connectivity index (χ1) is 10.6. The fraction of sp³-hybridized carbons (Fsp3) is 0.688. The van der Waals surface area contributed by atoms with Crippen molar-refractivity contribution in [1.82, 2.24) is 15.2 Å². The standard InChI is InChI=1S/C16H24ClN3O2/c1-20-15(4-2-5-15)11-22-12-16(20,10-21)9-19-7-13-3-6-18-8-14(13)17/h3,6,8,19,21H,2,4-5,7,9-12H2,1H3. The highest BCUT2D eigenvalue weighted by Gasteiger charge is 2.52. The predicted molar refractivity (Wildman–Crippen MR) is 85.9 cm³/mol. The normalized spacial score (nSPS) is 27.8. The highest BCUT2D eigenvalue weighted by Crippen LogP contribution is 2.43. The number of rotatable bonds is 5. The van der Waals surface area contributed by atoms with Gasteiger partial charge < -0.3 is 15.2 Å². The van der Waals surface area contributed by atoms with Gasteiger partial charge in [-0.25, -0.2) is 0 Å². The van der Waals surface area contributed by atoms with E-state index in [1.54, 1.807) is 12.4 Å². The second-order valence-electron chi connectivity index (χ2n) is 6.58. The van der Waals surface area contributed by atoms with E-state index in [1.807, 2.05) is 6.07 Å². The van der Waals surface area contributed by atoms with E-state index in [9.17, 15) is 5.11 Å². The van der Waals surface area contributed by atoms with Gasteiger partial charge in [-0.2, -0.15) is 0 Å². The van der Waals surface area contributed by atoms with Gasteiger partial charge in [-0.05, 0) is 37.9 Å². The number of halogens is 1. The molecule has 1 aliphatic carbocycles. The first kappa shape index (κ1) is 16.1. The van der Waals surface area contributed by atoms with E-state index in [0.717, 1.165) is 25.0 Å². The molecule has 0 aromatic carbocycles. The van der Waals surface area contributed by atoms with E-state index in [4.69, 9.17) is 16.3 Å². The van der Waals surface area contributed by atoms with E-state index in [2.05, 4.69) is 22.2 Å². The number of ether oxygens (including phenoxy) is 1. The van der Waals surface area contributed by atoms with Crippen LogP contribution in [0.4, 0.5) is 0 Å². The second-order valence-corrected chi connectivity index (χ2v) is 6.99. The summed E-state index contributed by atoms with van der Waals surface area (Å²) >= 11 is 6.13. The Labute approximate surface area is 136 Å². The molecule has 1 aromatic rings.